The highest BCUT2D eigenvalue weighted by Crippen LogP contribution is 2.20. The lowest BCUT2D eigenvalue weighted by atomic mass is 10.3. The van der Waals surface area contributed by atoms with Crippen molar-refractivity contribution in [2.45, 2.75) is 26.8 Å². The zero-order chi connectivity index (χ0) is 13.1. The van der Waals surface area contributed by atoms with Gasteiger partial charge in [-0.25, -0.2) is 4.98 Å². The number of imidazole rings is 1. The molecule has 1 N–H and O–H groups in total. The van der Waals surface area contributed by atoms with Crippen molar-refractivity contribution in [1.82, 2.24) is 19.6 Å². The van der Waals surface area contributed by atoms with Gasteiger partial charge in [-0.2, -0.15) is 0 Å². The summed E-state index contributed by atoms with van der Waals surface area (Å²) >= 11 is 1.71. The number of nitrogens with zero attached hydrogens (tertiary/aromatic N) is 3. The zero-order valence-electron chi connectivity index (χ0n) is 11.7. The quantitative estimate of drug-likeness (QED) is 0.812. The Morgan fingerprint density at radius 1 is 1.39 bits per heavy atom. The Kier molecular flexibility index (Phi) is 4.37. The number of rotatable bonds is 6. The first-order chi connectivity index (χ1) is 8.59. The van der Waals surface area contributed by atoms with Crippen molar-refractivity contribution in [3.8, 4) is 0 Å². The molecule has 0 aliphatic carbocycles. The molecule has 2 aromatic heterocycles. The van der Waals surface area contributed by atoms with Crippen LogP contribution >= 0.6 is 11.3 Å². The standard InChI is InChI=1S/C13H22N4S/c1-10-9-18-13-15-11(2)12(17(10)13)8-14-6-5-7-16(3)4/h9,14H,5-8H2,1-4H3. The topological polar surface area (TPSA) is 32.6 Å². The molecule has 0 bridgehead atoms. The number of aromatic nitrogens is 2. The van der Waals surface area contributed by atoms with Gasteiger partial charge in [-0.05, 0) is 47.5 Å². The van der Waals surface area contributed by atoms with Crippen molar-refractivity contribution in [3.05, 3.63) is 22.5 Å². The molecule has 0 aromatic carbocycles. The molecule has 2 heterocycles. The average molecular weight is 266 g/mol. The Bertz CT molecular complexity index is 512. The third-order valence-electron chi connectivity index (χ3n) is 3.08. The smallest absolute Gasteiger partial charge is 0.194 e. The van der Waals surface area contributed by atoms with Crippen LogP contribution in [0.3, 0.4) is 0 Å². The predicted molar refractivity (Wildman–Crippen MR) is 77.4 cm³/mol. The van der Waals surface area contributed by atoms with E-state index in [1.165, 1.54) is 17.8 Å². The summed E-state index contributed by atoms with van der Waals surface area (Å²) in [6.07, 6.45) is 1.18. The normalized spacial score (nSPS) is 11.8. The van der Waals surface area contributed by atoms with E-state index < -0.39 is 0 Å². The van der Waals surface area contributed by atoms with E-state index in [2.05, 4.69) is 52.9 Å². The highest BCUT2D eigenvalue weighted by Gasteiger charge is 2.11. The maximum atomic E-state index is 4.59. The molecule has 0 aliphatic rings. The minimum Gasteiger partial charge on any atom is -0.311 e. The zero-order valence-corrected chi connectivity index (χ0v) is 12.5. The van der Waals surface area contributed by atoms with Gasteiger partial charge in [-0.3, -0.25) is 4.40 Å². The van der Waals surface area contributed by atoms with Crippen molar-refractivity contribution < 1.29 is 0 Å². The van der Waals surface area contributed by atoms with Gasteiger partial charge < -0.3 is 10.2 Å². The maximum absolute atomic E-state index is 4.59. The van der Waals surface area contributed by atoms with Crippen molar-refractivity contribution in [2.75, 3.05) is 27.2 Å². The summed E-state index contributed by atoms with van der Waals surface area (Å²) in [7, 11) is 4.22. The molecule has 4 nitrogen and oxygen atoms in total. The van der Waals surface area contributed by atoms with Crippen LogP contribution in [0.15, 0.2) is 5.38 Å². The Morgan fingerprint density at radius 2 is 2.17 bits per heavy atom. The lowest BCUT2D eigenvalue weighted by molar-refractivity contribution is 0.394. The molecular formula is C13H22N4S. The summed E-state index contributed by atoms with van der Waals surface area (Å²) in [5, 5.41) is 5.67. The largest absolute Gasteiger partial charge is 0.311 e. The Balaban J connectivity index is 1.94. The molecule has 0 radical (unpaired) electrons. The van der Waals surface area contributed by atoms with E-state index in [9.17, 15) is 0 Å². The monoisotopic (exact) mass is 266 g/mol. The molecule has 0 spiro atoms. The van der Waals surface area contributed by atoms with Crippen LogP contribution in [0.2, 0.25) is 0 Å². The van der Waals surface area contributed by atoms with E-state index in [-0.39, 0.29) is 0 Å². The summed E-state index contributed by atoms with van der Waals surface area (Å²) in [6, 6.07) is 0. The lowest BCUT2D eigenvalue weighted by Gasteiger charge is -2.10. The fraction of sp³-hybridized carbons (Fsp3) is 0.615. The maximum Gasteiger partial charge on any atom is 0.194 e. The fourth-order valence-corrected chi connectivity index (χ4v) is 3.03. The summed E-state index contributed by atoms with van der Waals surface area (Å²) in [5.74, 6) is 0. The van der Waals surface area contributed by atoms with E-state index in [0.29, 0.717) is 0 Å². The first kappa shape index (κ1) is 13.5. The Morgan fingerprint density at radius 3 is 2.89 bits per heavy atom. The highest BCUT2D eigenvalue weighted by molar-refractivity contribution is 7.15. The second kappa shape index (κ2) is 5.82. The third kappa shape index (κ3) is 2.91. The van der Waals surface area contributed by atoms with Crippen molar-refractivity contribution in [2.24, 2.45) is 0 Å². The van der Waals surface area contributed by atoms with Gasteiger partial charge in [0.1, 0.15) is 0 Å². The van der Waals surface area contributed by atoms with Crippen LogP contribution in [-0.4, -0.2) is 41.5 Å². The van der Waals surface area contributed by atoms with Crippen LogP contribution in [-0.2, 0) is 6.54 Å². The van der Waals surface area contributed by atoms with Crippen molar-refractivity contribution in [3.63, 3.8) is 0 Å². The number of thiazole rings is 1. The van der Waals surface area contributed by atoms with Gasteiger partial charge >= 0.3 is 0 Å². The third-order valence-corrected chi connectivity index (χ3v) is 4.02. The summed E-state index contributed by atoms with van der Waals surface area (Å²) in [4.78, 5) is 7.92. The van der Waals surface area contributed by atoms with Crippen LogP contribution in [0.5, 0.6) is 0 Å². The molecule has 0 saturated heterocycles. The number of nitrogens with one attached hydrogen (secondary N) is 1. The first-order valence-electron chi connectivity index (χ1n) is 6.37. The van der Waals surface area contributed by atoms with Gasteiger partial charge in [0, 0.05) is 17.6 Å². The molecule has 18 heavy (non-hydrogen) atoms. The van der Waals surface area contributed by atoms with Gasteiger partial charge in [-0.1, -0.05) is 0 Å². The van der Waals surface area contributed by atoms with E-state index in [1.54, 1.807) is 11.3 Å². The van der Waals surface area contributed by atoms with Crippen LogP contribution in [0.1, 0.15) is 23.5 Å². The van der Waals surface area contributed by atoms with E-state index in [1.807, 2.05) is 0 Å². The molecule has 0 unspecified atom stereocenters. The van der Waals surface area contributed by atoms with Gasteiger partial charge in [0.05, 0.1) is 11.4 Å². The van der Waals surface area contributed by atoms with Crippen LogP contribution in [0, 0.1) is 13.8 Å². The number of aryl methyl sites for hydroxylation is 2. The number of fused-ring (bicyclic) bond motifs is 1. The van der Waals surface area contributed by atoms with E-state index in [0.717, 1.165) is 30.3 Å². The Labute approximate surface area is 113 Å². The molecular weight excluding hydrogens is 244 g/mol. The van der Waals surface area contributed by atoms with E-state index >= 15 is 0 Å². The van der Waals surface area contributed by atoms with Crippen molar-refractivity contribution in [1.29, 1.82) is 0 Å². The average Bonchev–Trinajstić information content (AvgIpc) is 2.79. The molecule has 5 heteroatoms. The molecule has 100 valence electrons. The predicted octanol–water partition coefficient (Wildman–Crippen LogP) is 2.05. The second-order valence-electron chi connectivity index (χ2n) is 4.97. The van der Waals surface area contributed by atoms with Crippen molar-refractivity contribution >= 4 is 16.3 Å². The minimum atomic E-state index is 0.901. The minimum absolute atomic E-state index is 0.901. The second-order valence-corrected chi connectivity index (χ2v) is 5.81. The molecule has 0 atom stereocenters. The molecule has 0 saturated carbocycles. The number of hydrogen-bond acceptors (Lipinski definition) is 4. The fourth-order valence-electron chi connectivity index (χ4n) is 2.10. The van der Waals surface area contributed by atoms with Gasteiger partial charge in [0.15, 0.2) is 4.96 Å². The van der Waals surface area contributed by atoms with E-state index in [4.69, 9.17) is 0 Å². The number of hydrogen-bond donors (Lipinski definition) is 1. The molecule has 2 rings (SSSR count). The summed E-state index contributed by atoms with van der Waals surface area (Å²) in [6.45, 7) is 7.31. The first-order valence-corrected chi connectivity index (χ1v) is 7.25. The van der Waals surface area contributed by atoms with Gasteiger partial charge in [0.25, 0.3) is 0 Å². The summed E-state index contributed by atoms with van der Waals surface area (Å²) < 4.78 is 2.26. The molecule has 0 amide bonds. The Hall–Kier alpha value is -0.910. The molecule has 2 aromatic rings. The highest BCUT2D eigenvalue weighted by atomic mass is 32.1. The summed E-state index contributed by atoms with van der Waals surface area (Å²) in [5.41, 5.74) is 3.72. The molecule has 0 aliphatic heterocycles. The van der Waals surface area contributed by atoms with Gasteiger partial charge in [-0.15, -0.1) is 11.3 Å². The van der Waals surface area contributed by atoms with Crippen LogP contribution < -0.4 is 5.32 Å². The SMILES string of the molecule is Cc1nc2scc(C)n2c1CNCCCN(C)C. The lowest BCUT2D eigenvalue weighted by Crippen LogP contribution is -2.21. The molecule has 0 fully saturated rings. The van der Waals surface area contributed by atoms with Crippen LogP contribution in [0.25, 0.3) is 4.96 Å². The van der Waals surface area contributed by atoms with Gasteiger partial charge in [0.2, 0.25) is 0 Å². The van der Waals surface area contributed by atoms with Crippen LogP contribution in [0.4, 0.5) is 0 Å².